The van der Waals surface area contributed by atoms with Crippen molar-refractivity contribution in [1.82, 2.24) is 29.9 Å². The molecule has 0 saturated carbocycles. The van der Waals surface area contributed by atoms with Crippen molar-refractivity contribution in [3.05, 3.63) is 41.2 Å². The van der Waals surface area contributed by atoms with Crippen LogP contribution in [0.4, 0.5) is 5.82 Å². The van der Waals surface area contributed by atoms with E-state index in [0.29, 0.717) is 38.2 Å². The second-order valence-electron chi connectivity index (χ2n) is 6.85. The molecule has 2 aromatic heterocycles. The maximum absolute atomic E-state index is 12.8. The lowest BCUT2D eigenvalue weighted by Crippen LogP contribution is -2.49. The average molecular weight is 365 g/mol. The van der Waals surface area contributed by atoms with Gasteiger partial charge in [-0.25, -0.2) is 14.6 Å². The fourth-order valence-corrected chi connectivity index (χ4v) is 3.40. The summed E-state index contributed by atoms with van der Waals surface area (Å²) in [5.74, 6) is 0.875. The number of piperazine rings is 1. The number of carbonyl (C=O) groups is 1. The average Bonchev–Trinajstić information content (AvgIpc) is 3.13. The number of benzene rings is 1. The molecule has 1 saturated heterocycles. The standard InChI is InChI=1S/C19H23N7O/c1-4-26-18-16(22-23-26)17(20-12-21-18)24-7-9-25(10-8-24)19(27)15-6-5-13(2)14(3)11-15/h5-6,11-12H,4,7-10H2,1-3H3. The number of anilines is 1. The summed E-state index contributed by atoms with van der Waals surface area (Å²) < 4.78 is 1.76. The summed E-state index contributed by atoms with van der Waals surface area (Å²) in [6.07, 6.45) is 1.56. The van der Waals surface area contributed by atoms with Crippen LogP contribution >= 0.6 is 0 Å². The first-order valence-electron chi connectivity index (χ1n) is 9.24. The Hall–Kier alpha value is -3.03. The van der Waals surface area contributed by atoms with E-state index in [1.165, 1.54) is 5.56 Å². The summed E-state index contributed by atoms with van der Waals surface area (Å²) in [6, 6.07) is 5.89. The first-order chi connectivity index (χ1) is 13.1. The highest BCUT2D eigenvalue weighted by Crippen LogP contribution is 2.22. The van der Waals surface area contributed by atoms with Crippen LogP contribution in [0.5, 0.6) is 0 Å². The number of carbonyl (C=O) groups excluding carboxylic acids is 1. The summed E-state index contributed by atoms with van der Waals surface area (Å²) in [7, 11) is 0. The van der Waals surface area contributed by atoms with Crippen molar-refractivity contribution < 1.29 is 4.79 Å². The molecule has 0 radical (unpaired) electrons. The third kappa shape index (κ3) is 3.11. The Kier molecular flexibility index (Phi) is 4.47. The molecule has 0 bridgehead atoms. The van der Waals surface area contributed by atoms with E-state index in [0.717, 1.165) is 22.6 Å². The fourth-order valence-electron chi connectivity index (χ4n) is 3.40. The molecule has 1 fully saturated rings. The van der Waals surface area contributed by atoms with Gasteiger partial charge in [0.05, 0.1) is 0 Å². The van der Waals surface area contributed by atoms with Crippen LogP contribution in [0.25, 0.3) is 11.2 Å². The van der Waals surface area contributed by atoms with Crippen molar-refractivity contribution in [3.8, 4) is 0 Å². The molecule has 27 heavy (non-hydrogen) atoms. The number of hydrogen-bond donors (Lipinski definition) is 0. The van der Waals surface area contributed by atoms with Crippen LogP contribution in [0.3, 0.4) is 0 Å². The van der Waals surface area contributed by atoms with Gasteiger partial charge in [-0.2, -0.15) is 0 Å². The highest BCUT2D eigenvalue weighted by atomic mass is 16.2. The number of aryl methyl sites for hydroxylation is 3. The summed E-state index contributed by atoms with van der Waals surface area (Å²) in [4.78, 5) is 25.6. The van der Waals surface area contributed by atoms with Gasteiger partial charge in [0.2, 0.25) is 0 Å². The first kappa shape index (κ1) is 17.4. The van der Waals surface area contributed by atoms with Crippen LogP contribution in [-0.2, 0) is 6.54 Å². The molecule has 3 heterocycles. The largest absolute Gasteiger partial charge is 0.351 e. The molecule has 0 aliphatic carbocycles. The summed E-state index contributed by atoms with van der Waals surface area (Å²) in [6.45, 7) is 9.54. The Morgan fingerprint density at radius 2 is 1.85 bits per heavy atom. The molecule has 1 aliphatic rings. The van der Waals surface area contributed by atoms with Gasteiger partial charge >= 0.3 is 0 Å². The molecule has 3 aromatic rings. The number of hydrogen-bond acceptors (Lipinski definition) is 6. The Morgan fingerprint density at radius 1 is 1.07 bits per heavy atom. The lowest BCUT2D eigenvalue weighted by atomic mass is 10.1. The highest BCUT2D eigenvalue weighted by Gasteiger charge is 2.25. The highest BCUT2D eigenvalue weighted by molar-refractivity contribution is 5.94. The Labute approximate surface area is 157 Å². The van der Waals surface area contributed by atoms with Gasteiger partial charge in [0.15, 0.2) is 17.0 Å². The first-order valence-corrected chi connectivity index (χ1v) is 9.24. The maximum atomic E-state index is 12.8. The van der Waals surface area contributed by atoms with E-state index in [-0.39, 0.29) is 5.91 Å². The second kappa shape index (κ2) is 6.94. The van der Waals surface area contributed by atoms with Gasteiger partial charge in [-0.3, -0.25) is 4.79 Å². The number of fused-ring (bicyclic) bond motifs is 1. The molecule has 0 unspecified atom stereocenters. The van der Waals surface area contributed by atoms with Crippen LogP contribution in [0.1, 0.15) is 28.4 Å². The molecule has 1 aromatic carbocycles. The van der Waals surface area contributed by atoms with Gasteiger partial charge in [0.1, 0.15) is 6.33 Å². The van der Waals surface area contributed by atoms with Gasteiger partial charge in [-0.15, -0.1) is 5.10 Å². The Morgan fingerprint density at radius 3 is 2.56 bits per heavy atom. The predicted molar refractivity (Wildman–Crippen MR) is 103 cm³/mol. The van der Waals surface area contributed by atoms with E-state index in [9.17, 15) is 4.79 Å². The molecule has 8 nitrogen and oxygen atoms in total. The molecule has 0 spiro atoms. The fraction of sp³-hybridized carbons (Fsp3) is 0.421. The summed E-state index contributed by atoms with van der Waals surface area (Å²) in [5, 5.41) is 8.39. The Balaban J connectivity index is 1.50. The monoisotopic (exact) mass is 365 g/mol. The van der Waals surface area contributed by atoms with E-state index in [2.05, 4.69) is 32.1 Å². The zero-order valence-electron chi connectivity index (χ0n) is 15.9. The number of amides is 1. The third-order valence-corrected chi connectivity index (χ3v) is 5.20. The minimum absolute atomic E-state index is 0.0857. The molecule has 0 N–H and O–H groups in total. The number of rotatable bonds is 3. The van der Waals surface area contributed by atoms with Crippen molar-refractivity contribution in [3.63, 3.8) is 0 Å². The van der Waals surface area contributed by atoms with Crippen molar-refractivity contribution in [1.29, 1.82) is 0 Å². The van der Waals surface area contributed by atoms with Gasteiger partial charge in [-0.1, -0.05) is 11.3 Å². The molecular weight excluding hydrogens is 342 g/mol. The molecule has 0 atom stereocenters. The minimum atomic E-state index is 0.0857. The molecule has 1 aliphatic heterocycles. The van der Waals surface area contributed by atoms with Crippen molar-refractivity contribution in [2.24, 2.45) is 0 Å². The van der Waals surface area contributed by atoms with E-state index in [1.807, 2.05) is 36.9 Å². The predicted octanol–water partition coefficient (Wildman–Crippen LogP) is 1.82. The zero-order chi connectivity index (χ0) is 19.0. The van der Waals surface area contributed by atoms with Crippen molar-refractivity contribution in [2.45, 2.75) is 27.3 Å². The van der Waals surface area contributed by atoms with Crippen molar-refractivity contribution >= 4 is 22.9 Å². The summed E-state index contributed by atoms with van der Waals surface area (Å²) >= 11 is 0. The van der Waals surface area contributed by atoms with E-state index >= 15 is 0 Å². The van der Waals surface area contributed by atoms with Gasteiger partial charge in [0.25, 0.3) is 5.91 Å². The van der Waals surface area contributed by atoms with Crippen LogP contribution in [0.2, 0.25) is 0 Å². The van der Waals surface area contributed by atoms with E-state index in [1.54, 1.807) is 11.0 Å². The summed E-state index contributed by atoms with van der Waals surface area (Å²) in [5.41, 5.74) is 4.55. The smallest absolute Gasteiger partial charge is 0.253 e. The molecular formula is C19H23N7O. The van der Waals surface area contributed by atoms with Gasteiger partial charge < -0.3 is 9.80 Å². The SMILES string of the molecule is CCn1nnc2c(N3CCN(C(=O)c4ccc(C)c(C)c4)CC3)ncnc21. The van der Waals surface area contributed by atoms with Gasteiger partial charge in [-0.05, 0) is 44.0 Å². The quantitative estimate of drug-likeness (QED) is 0.704. The second-order valence-corrected chi connectivity index (χ2v) is 6.85. The van der Waals surface area contributed by atoms with E-state index < -0.39 is 0 Å². The molecule has 140 valence electrons. The van der Waals surface area contributed by atoms with Crippen LogP contribution < -0.4 is 4.90 Å². The van der Waals surface area contributed by atoms with Crippen LogP contribution in [0.15, 0.2) is 24.5 Å². The normalized spacial score (nSPS) is 14.8. The lowest BCUT2D eigenvalue weighted by molar-refractivity contribution is 0.0746. The molecule has 8 heteroatoms. The van der Waals surface area contributed by atoms with Crippen LogP contribution in [0, 0.1) is 13.8 Å². The molecule has 4 rings (SSSR count). The minimum Gasteiger partial charge on any atom is -0.351 e. The van der Waals surface area contributed by atoms with Gasteiger partial charge in [0, 0.05) is 38.3 Å². The topological polar surface area (TPSA) is 80.0 Å². The molecule has 1 amide bonds. The lowest BCUT2D eigenvalue weighted by Gasteiger charge is -2.35. The Bertz CT molecular complexity index is 989. The zero-order valence-corrected chi connectivity index (χ0v) is 15.9. The number of aromatic nitrogens is 5. The van der Waals surface area contributed by atoms with E-state index in [4.69, 9.17) is 0 Å². The maximum Gasteiger partial charge on any atom is 0.253 e. The number of nitrogens with zero attached hydrogens (tertiary/aromatic N) is 7. The van der Waals surface area contributed by atoms with Crippen LogP contribution in [-0.4, -0.2) is 61.9 Å². The third-order valence-electron chi connectivity index (χ3n) is 5.20. The van der Waals surface area contributed by atoms with Crippen molar-refractivity contribution in [2.75, 3.05) is 31.1 Å².